The van der Waals surface area contributed by atoms with E-state index in [1.54, 1.807) is 0 Å². The van der Waals surface area contributed by atoms with E-state index in [0.717, 1.165) is 26.1 Å². The zero-order valence-corrected chi connectivity index (χ0v) is 15.9. The zero-order chi connectivity index (χ0) is 22.2. The molecule has 0 aromatic heterocycles. The van der Waals surface area contributed by atoms with Gasteiger partial charge in [-0.2, -0.15) is 0 Å². The molecule has 0 aliphatic carbocycles. The summed E-state index contributed by atoms with van der Waals surface area (Å²) in [5.41, 5.74) is -0.229. The second-order valence-electron chi connectivity index (χ2n) is 6.69. The first-order valence-corrected chi connectivity index (χ1v) is 8.66. The topological polar surface area (TPSA) is 160 Å². The van der Waals surface area contributed by atoms with Crippen LogP contribution in [0.4, 0.5) is 5.69 Å². The van der Waals surface area contributed by atoms with Crippen LogP contribution in [0, 0.1) is 10.1 Å². The monoisotopic (exact) mass is 418 g/mol. The molecule has 3 rings (SSSR count). The van der Waals surface area contributed by atoms with Gasteiger partial charge in [-0.25, -0.2) is 9.90 Å². The lowest BCUT2D eigenvalue weighted by molar-refractivity contribution is -0.385. The fourth-order valence-electron chi connectivity index (χ4n) is 3.30. The number of benzene rings is 2. The third-order valence-corrected chi connectivity index (χ3v) is 4.55. The number of nitrogens with zero attached hydrogens (tertiary/aromatic N) is 2. The highest BCUT2D eigenvalue weighted by Gasteiger charge is 2.51. The van der Waals surface area contributed by atoms with E-state index in [0.29, 0.717) is 5.06 Å². The van der Waals surface area contributed by atoms with Gasteiger partial charge in [0.15, 0.2) is 0 Å². The number of phenols is 2. The standard InChI is InChI=1S/C19H18N2O9/c1-10(22)18(25)20(2)30-19(26)16-12(7-14(23)8-15(16)24)9-29-17(19)11-4-3-5-13(6-11)21(27)28/h3-8,17,23-24,26H,9H2,1-2H3. The zero-order valence-electron chi connectivity index (χ0n) is 15.9. The van der Waals surface area contributed by atoms with Gasteiger partial charge in [0.2, 0.25) is 5.78 Å². The fraction of sp³-hybridized carbons (Fsp3) is 0.263. The molecule has 3 N–H and O–H groups in total. The molecule has 2 aromatic carbocycles. The number of ether oxygens (including phenoxy) is 1. The van der Waals surface area contributed by atoms with Crippen molar-refractivity contribution in [3.63, 3.8) is 0 Å². The average molecular weight is 418 g/mol. The van der Waals surface area contributed by atoms with Crippen LogP contribution in [-0.4, -0.2) is 44.0 Å². The van der Waals surface area contributed by atoms with Gasteiger partial charge >= 0.3 is 5.91 Å². The van der Waals surface area contributed by atoms with Gasteiger partial charge in [-0.1, -0.05) is 12.1 Å². The summed E-state index contributed by atoms with van der Waals surface area (Å²) in [7, 11) is 1.08. The molecular weight excluding hydrogens is 400 g/mol. The lowest BCUT2D eigenvalue weighted by Crippen LogP contribution is -2.48. The normalized spacial score (nSPS) is 20.3. The molecule has 0 radical (unpaired) electrons. The Balaban J connectivity index is 2.16. The summed E-state index contributed by atoms with van der Waals surface area (Å²) < 4.78 is 5.65. The lowest BCUT2D eigenvalue weighted by atomic mass is 9.88. The summed E-state index contributed by atoms with van der Waals surface area (Å²) >= 11 is 0. The summed E-state index contributed by atoms with van der Waals surface area (Å²) in [6.07, 6.45) is -1.43. The Morgan fingerprint density at radius 1 is 1.30 bits per heavy atom. The fourth-order valence-corrected chi connectivity index (χ4v) is 3.30. The SMILES string of the molecule is CC(=O)C(=O)N(C)OC1(O)c2c(O)cc(O)cc2COC1c1cccc([N+](=O)[O-])c1. The summed E-state index contributed by atoms with van der Waals surface area (Å²) in [4.78, 5) is 39.3. The van der Waals surface area contributed by atoms with Crippen LogP contribution in [0.5, 0.6) is 11.5 Å². The van der Waals surface area contributed by atoms with Crippen LogP contribution in [-0.2, 0) is 31.6 Å². The van der Waals surface area contributed by atoms with Crippen molar-refractivity contribution < 1.29 is 39.4 Å². The van der Waals surface area contributed by atoms with Crippen molar-refractivity contribution in [2.24, 2.45) is 0 Å². The summed E-state index contributed by atoms with van der Waals surface area (Å²) in [5.74, 6) is -5.40. The lowest BCUT2D eigenvalue weighted by Gasteiger charge is -2.42. The van der Waals surface area contributed by atoms with E-state index in [2.05, 4.69) is 0 Å². The molecule has 0 saturated carbocycles. The van der Waals surface area contributed by atoms with Crippen molar-refractivity contribution in [1.29, 1.82) is 0 Å². The van der Waals surface area contributed by atoms with E-state index in [-0.39, 0.29) is 34.7 Å². The third-order valence-electron chi connectivity index (χ3n) is 4.55. The van der Waals surface area contributed by atoms with E-state index >= 15 is 0 Å². The van der Waals surface area contributed by atoms with Crippen LogP contribution >= 0.6 is 0 Å². The van der Waals surface area contributed by atoms with E-state index in [4.69, 9.17) is 9.57 Å². The number of hydroxylamine groups is 2. The number of amides is 1. The first-order chi connectivity index (χ1) is 14.0. The molecular formula is C19H18N2O9. The minimum atomic E-state index is -2.57. The van der Waals surface area contributed by atoms with Crippen LogP contribution in [0.25, 0.3) is 0 Å². The Kier molecular flexibility index (Phi) is 5.44. The number of carbonyl (C=O) groups is 2. The summed E-state index contributed by atoms with van der Waals surface area (Å²) in [5, 5.41) is 43.2. The number of fused-ring (bicyclic) bond motifs is 1. The minimum Gasteiger partial charge on any atom is -0.508 e. The number of aromatic hydroxyl groups is 2. The molecule has 2 aromatic rings. The van der Waals surface area contributed by atoms with E-state index < -0.39 is 34.3 Å². The number of phenolic OH excluding ortho intramolecular Hbond substituents is 2. The van der Waals surface area contributed by atoms with Crippen LogP contribution in [0.2, 0.25) is 0 Å². The Hall–Kier alpha value is -3.54. The average Bonchev–Trinajstić information content (AvgIpc) is 2.66. The quantitative estimate of drug-likeness (QED) is 0.282. The molecule has 2 atom stereocenters. The molecule has 30 heavy (non-hydrogen) atoms. The minimum absolute atomic E-state index is 0.119. The van der Waals surface area contributed by atoms with Gasteiger partial charge in [0.05, 0.1) is 17.1 Å². The number of ketones is 1. The van der Waals surface area contributed by atoms with Crippen molar-refractivity contribution in [3.05, 3.63) is 63.2 Å². The molecule has 11 heteroatoms. The Labute approximate surface area is 169 Å². The predicted molar refractivity (Wildman–Crippen MR) is 98.8 cm³/mol. The van der Waals surface area contributed by atoms with Crippen LogP contribution in [0.3, 0.4) is 0 Å². The van der Waals surface area contributed by atoms with Gasteiger partial charge in [-0.15, -0.1) is 0 Å². The molecule has 0 spiro atoms. The Morgan fingerprint density at radius 2 is 2.00 bits per heavy atom. The molecule has 0 saturated heterocycles. The summed E-state index contributed by atoms with van der Waals surface area (Å²) in [6, 6.07) is 7.36. The first kappa shape index (κ1) is 21.2. The third kappa shape index (κ3) is 3.68. The highest BCUT2D eigenvalue weighted by Crippen LogP contribution is 2.49. The molecule has 0 bridgehead atoms. The molecule has 158 valence electrons. The van der Waals surface area contributed by atoms with Crippen molar-refractivity contribution in [3.8, 4) is 11.5 Å². The number of hydrogen-bond donors (Lipinski definition) is 3. The highest BCUT2D eigenvalue weighted by molar-refractivity contribution is 6.34. The summed E-state index contributed by atoms with van der Waals surface area (Å²) in [6.45, 7) is 0.811. The van der Waals surface area contributed by atoms with Gasteiger partial charge < -0.3 is 20.1 Å². The van der Waals surface area contributed by atoms with Crippen LogP contribution in [0.1, 0.15) is 29.7 Å². The van der Waals surface area contributed by atoms with Crippen molar-refractivity contribution in [2.45, 2.75) is 25.4 Å². The molecule has 1 amide bonds. The van der Waals surface area contributed by atoms with Crippen LogP contribution < -0.4 is 0 Å². The number of nitro groups is 1. The maximum absolute atomic E-state index is 12.0. The predicted octanol–water partition coefficient (Wildman–Crippen LogP) is 1.40. The van der Waals surface area contributed by atoms with Crippen molar-refractivity contribution in [2.75, 3.05) is 7.05 Å². The van der Waals surface area contributed by atoms with E-state index in [1.165, 1.54) is 24.3 Å². The number of rotatable bonds is 5. The number of hydrogen-bond acceptors (Lipinski definition) is 9. The van der Waals surface area contributed by atoms with Crippen molar-refractivity contribution in [1.82, 2.24) is 5.06 Å². The molecule has 1 aliphatic rings. The number of likely N-dealkylation sites (N-methyl/N-ethyl adjacent to an activating group) is 1. The van der Waals surface area contributed by atoms with Gasteiger partial charge in [0, 0.05) is 32.2 Å². The number of non-ortho nitro benzene ring substituents is 1. The van der Waals surface area contributed by atoms with Gasteiger partial charge in [-0.05, 0) is 17.2 Å². The molecule has 0 fully saturated rings. The number of aliphatic hydroxyl groups is 1. The van der Waals surface area contributed by atoms with E-state index in [1.807, 2.05) is 0 Å². The number of carbonyl (C=O) groups excluding carboxylic acids is 2. The molecule has 1 aliphatic heterocycles. The van der Waals surface area contributed by atoms with Crippen molar-refractivity contribution >= 4 is 17.4 Å². The number of Topliss-reactive ketones (excluding diaryl/α,β-unsaturated/α-hetero) is 1. The Morgan fingerprint density at radius 3 is 2.63 bits per heavy atom. The molecule has 11 nitrogen and oxygen atoms in total. The smallest absolute Gasteiger partial charge is 0.313 e. The second-order valence-corrected chi connectivity index (χ2v) is 6.69. The highest BCUT2D eigenvalue weighted by atomic mass is 16.8. The first-order valence-electron chi connectivity index (χ1n) is 8.66. The molecule has 2 unspecified atom stereocenters. The number of nitro benzene ring substituents is 1. The maximum Gasteiger partial charge on any atom is 0.313 e. The van der Waals surface area contributed by atoms with E-state index in [9.17, 15) is 35.0 Å². The maximum atomic E-state index is 12.0. The largest absolute Gasteiger partial charge is 0.508 e. The van der Waals surface area contributed by atoms with Gasteiger partial charge in [0.25, 0.3) is 11.5 Å². The van der Waals surface area contributed by atoms with Gasteiger partial charge in [0.1, 0.15) is 17.6 Å². The molecule has 1 heterocycles. The second kappa shape index (κ2) is 7.71. The van der Waals surface area contributed by atoms with Gasteiger partial charge in [-0.3, -0.25) is 19.7 Å². The van der Waals surface area contributed by atoms with Crippen LogP contribution in [0.15, 0.2) is 36.4 Å². The Bertz CT molecular complexity index is 1040.